The molecule has 0 saturated carbocycles. The van der Waals surface area contributed by atoms with E-state index >= 15 is 0 Å². The van der Waals surface area contributed by atoms with Crippen molar-refractivity contribution >= 4 is 62.6 Å². The Bertz CT molecular complexity index is 1220. The van der Waals surface area contributed by atoms with Gasteiger partial charge in [-0.15, -0.1) is 11.3 Å². The van der Waals surface area contributed by atoms with E-state index in [9.17, 15) is 14.4 Å². The number of imide groups is 1. The minimum Gasteiger partial charge on any atom is -0.351 e. The largest absolute Gasteiger partial charge is 0.351 e. The van der Waals surface area contributed by atoms with E-state index in [1.54, 1.807) is 23.8 Å². The van der Waals surface area contributed by atoms with Crippen LogP contribution in [0.15, 0.2) is 29.9 Å². The third-order valence-corrected chi connectivity index (χ3v) is 7.05. The van der Waals surface area contributed by atoms with Gasteiger partial charge in [0.1, 0.15) is 0 Å². The first-order chi connectivity index (χ1) is 15.2. The van der Waals surface area contributed by atoms with E-state index in [2.05, 4.69) is 20.6 Å². The summed E-state index contributed by atoms with van der Waals surface area (Å²) in [5.41, 5.74) is 3.56. The van der Waals surface area contributed by atoms with Crippen molar-refractivity contribution < 1.29 is 14.4 Å². The summed E-state index contributed by atoms with van der Waals surface area (Å²) in [6.07, 6.45) is 2.26. The van der Waals surface area contributed by atoms with Crippen molar-refractivity contribution in [3.8, 4) is 0 Å². The van der Waals surface area contributed by atoms with E-state index in [1.807, 2.05) is 19.9 Å². The lowest BCUT2D eigenvalue weighted by atomic mass is 9.84. The summed E-state index contributed by atoms with van der Waals surface area (Å²) in [7, 11) is 0. The molecule has 3 heterocycles. The summed E-state index contributed by atoms with van der Waals surface area (Å²) in [5, 5.41) is 5.90. The van der Waals surface area contributed by atoms with Gasteiger partial charge in [-0.2, -0.15) is 0 Å². The molecular formula is C22H20Cl2N4O3S. The van der Waals surface area contributed by atoms with Crippen LogP contribution < -0.4 is 10.6 Å². The van der Waals surface area contributed by atoms with E-state index in [4.69, 9.17) is 23.2 Å². The van der Waals surface area contributed by atoms with Gasteiger partial charge in [0.05, 0.1) is 21.5 Å². The predicted molar refractivity (Wildman–Crippen MR) is 124 cm³/mol. The van der Waals surface area contributed by atoms with Gasteiger partial charge in [-0.25, -0.2) is 9.97 Å². The molecule has 1 aromatic carbocycles. The van der Waals surface area contributed by atoms with Gasteiger partial charge >= 0.3 is 0 Å². The molecule has 10 heteroatoms. The standard InChI is InChI=1S/C22H20Cl2N4O3S/c1-22(2,12-7-16-19(25-9-12)27-10-32-16)21(31)26-8-11-5-14(23)18(15(24)6-11)13-3-4-17(29)28-20(13)30/h5-7,9-10,13H,3-4,8H2,1-2H3,(H,26,31)(H,28,29,30). The third-order valence-electron chi connectivity index (χ3n) is 5.66. The van der Waals surface area contributed by atoms with E-state index in [0.29, 0.717) is 33.2 Å². The van der Waals surface area contributed by atoms with Crippen LogP contribution in [0, 0.1) is 0 Å². The highest BCUT2D eigenvalue weighted by Crippen LogP contribution is 2.37. The van der Waals surface area contributed by atoms with Gasteiger partial charge in [-0.3, -0.25) is 19.7 Å². The average Bonchev–Trinajstić information content (AvgIpc) is 3.21. The molecule has 7 nitrogen and oxygen atoms in total. The lowest BCUT2D eigenvalue weighted by Crippen LogP contribution is -2.40. The smallest absolute Gasteiger partial charge is 0.234 e. The second-order valence-electron chi connectivity index (χ2n) is 8.18. The van der Waals surface area contributed by atoms with Crippen LogP contribution >= 0.6 is 34.5 Å². The fraction of sp³-hybridized carbons (Fsp3) is 0.318. The molecule has 166 valence electrons. The van der Waals surface area contributed by atoms with E-state index in [1.165, 1.54) is 11.3 Å². The van der Waals surface area contributed by atoms with Gasteiger partial charge in [0.15, 0.2) is 5.65 Å². The first-order valence-electron chi connectivity index (χ1n) is 9.96. The van der Waals surface area contributed by atoms with Crippen molar-refractivity contribution in [2.45, 2.75) is 44.6 Å². The fourth-order valence-corrected chi connectivity index (χ4v) is 5.14. The van der Waals surface area contributed by atoms with E-state index in [-0.39, 0.29) is 24.8 Å². The van der Waals surface area contributed by atoms with Crippen LogP contribution in [0.1, 0.15) is 49.3 Å². The minimum absolute atomic E-state index is 0.176. The number of fused-ring (bicyclic) bond motifs is 1. The molecule has 1 saturated heterocycles. The molecule has 2 aromatic heterocycles. The van der Waals surface area contributed by atoms with E-state index in [0.717, 1.165) is 10.3 Å². The number of carbonyl (C=O) groups is 3. The van der Waals surface area contributed by atoms with Crippen LogP contribution in [0.2, 0.25) is 10.0 Å². The second kappa shape index (κ2) is 8.77. The number of piperidine rings is 1. The van der Waals surface area contributed by atoms with Crippen LogP contribution in [-0.4, -0.2) is 27.7 Å². The third kappa shape index (κ3) is 4.35. The van der Waals surface area contributed by atoms with E-state index < -0.39 is 17.2 Å². The number of nitrogens with zero attached hydrogens (tertiary/aromatic N) is 2. The van der Waals surface area contributed by atoms with Crippen molar-refractivity contribution in [3.63, 3.8) is 0 Å². The molecule has 1 fully saturated rings. The Labute approximate surface area is 198 Å². The lowest BCUT2D eigenvalue weighted by molar-refractivity contribution is -0.134. The van der Waals surface area contributed by atoms with Gasteiger partial charge in [-0.1, -0.05) is 23.2 Å². The molecule has 3 amide bonds. The summed E-state index contributed by atoms with van der Waals surface area (Å²) < 4.78 is 0.922. The maximum Gasteiger partial charge on any atom is 0.234 e. The van der Waals surface area contributed by atoms with Crippen LogP contribution in [0.3, 0.4) is 0 Å². The molecule has 3 aromatic rings. The Hall–Kier alpha value is -2.55. The van der Waals surface area contributed by atoms with Crippen molar-refractivity contribution in [2.24, 2.45) is 0 Å². The first-order valence-corrected chi connectivity index (χ1v) is 11.6. The number of nitrogens with one attached hydrogen (secondary N) is 2. The van der Waals surface area contributed by atoms with Crippen LogP contribution in [0.25, 0.3) is 10.3 Å². The Morgan fingerprint density at radius 1 is 1.22 bits per heavy atom. The molecule has 0 spiro atoms. The fourth-order valence-electron chi connectivity index (χ4n) is 3.67. The quantitative estimate of drug-likeness (QED) is 0.523. The highest BCUT2D eigenvalue weighted by atomic mass is 35.5. The van der Waals surface area contributed by atoms with Gasteiger partial charge < -0.3 is 5.32 Å². The number of thiazole rings is 1. The van der Waals surface area contributed by atoms with Crippen molar-refractivity contribution in [1.29, 1.82) is 0 Å². The topological polar surface area (TPSA) is 101 Å². The molecule has 0 radical (unpaired) electrons. The van der Waals surface area contributed by atoms with Crippen LogP contribution in [0.4, 0.5) is 0 Å². The SMILES string of the molecule is CC(C)(C(=O)NCc1cc(Cl)c(C2CCC(=O)NC2=O)c(Cl)c1)c1cnc2ncsc2c1. The Morgan fingerprint density at radius 3 is 2.62 bits per heavy atom. The average molecular weight is 491 g/mol. The number of amides is 3. The zero-order valence-corrected chi connectivity index (χ0v) is 19.7. The molecule has 2 N–H and O–H groups in total. The van der Waals surface area contributed by atoms with Gasteiger partial charge in [-0.05, 0) is 49.6 Å². The number of hydrogen-bond acceptors (Lipinski definition) is 6. The summed E-state index contributed by atoms with van der Waals surface area (Å²) in [5.74, 6) is -1.46. The molecule has 32 heavy (non-hydrogen) atoms. The molecule has 1 aliphatic heterocycles. The molecule has 1 atom stereocenters. The van der Waals surface area contributed by atoms with Crippen molar-refractivity contribution in [2.75, 3.05) is 0 Å². The highest BCUT2D eigenvalue weighted by molar-refractivity contribution is 7.16. The maximum atomic E-state index is 13.0. The normalized spacial score (nSPS) is 16.8. The molecule has 1 aliphatic rings. The Morgan fingerprint density at radius 2 is 1.94 bits per heavy atom. The number of hydrogen-bond donors (Lipinski definition) is 2. The summed E-state index contributed by atoms with van der Waals surface area (Å²) in [4.78, 5) is 45.1. The summed E-state index contributed by atoms with van der Waals surface area (Å²) in [6, 6.07) is 5.30. The zero-order chi connectivity index (χ0) is 23.0. The monoisotopic (exact) mass is 490 g/mol. The van der Waals surface area contributed by atoms with Gasteiger partial charge in [0.25, 0.3) is 0 Å². The number of aromatic nitrogens is 2. The number of pyridine rings is 1. The molecule has 4 rings (SSSR count). The number of halogens is 2. The number of rotatable bonds is 5. The first kappa shape index (κ1) is 22.6. The maximum absolute atomic E-state index is 13.0. The number of carbonyl (C=O) groups excluding carboxylic acids is 3. The summed E-state index contributed by atoms with van der Waals surface area (Å²) in [6.45, 7) is 3.88. The number of benzene rings is 1. The second-order valence-corrected chi connectivity index (χ2v) is 9.88. The summed E-state index contributed by atoms with van der Waals surface area (Å²) >= 11 is 14.4. The van der Waals surface area contributed by atoms with Crippen molar-refractivity contribution in [3.05, 3.63) is 56.6 Å². The zero-order valence-electron chi connectivity index (χ0n) is 17.4. The lowest BCUT2D eigenvalue weighted by Gasteiger charge is -2.25. The molecule has 1 unspecified atom stereocenters. The Kier molecular flexibility index (Phi) is 6.20. The molecule has 0 bridgehead atoms. The van der Waals surface area contributed by atoms with Crippen molar-refractivity contribution in [1.82, 2.24) is 20.6 Å². The van der Waals surface area contributed by atoms with Crippen LogP contribution in [-0.2, 0) is 26.3 Å². The predicted octanol–water partition coefficient (Wildman–Crippen LogP) is 4.11. The minimum atomic E-state index is -0.814. The Balaban J connectivity index is 1.49. The van der Waals surface area contributed by atoms with Gasteiger partial charge in [0, 0.05) is 34.8 Å². The molecule has 0 aliphatic carbocycles. The van der Waals surface area contributed by atoms with Gasteiger partial charge in [0.2, 0.25) is 17.7 Å². The van der Waals surface area contributed by atoms with Crippen LogP contribution in [0.5, 0.6) is 0 Å². The highest BCUT2D eigenvalue weighted by Gasteiger charge is 2.32. The molecular weight excluding hydrogens is 471 g/mol.